The summed E-state index contributed by atoms with van der Waals surface area (Å²) in [7, 11) is 12.0. The first-order valence-corrected chi connectivity index (χ1v) is 11.7. The Kier molecular flexibility index (Phi) is 8.34. The second kappa shape index (κ2) is 11.2. The minimum Gasteiger partial charge on any atom is -0.351 e. The molecule has 0 aliphatic heterocycles. The van der Waals surface area contributed by atoms with Gasteiger partial charge < -0.3 is 18.9 Å². The fourth-order valence-electron chi connectivity index (χ4n) is 4.22. The van der Waals surface area contributed by atoms with Crippen molar-refractivity contribution in [2.75, 3.05) is 34.7 Å². The number of hydrogen-bond donors (Lipinski definition) is 0. The molecule has 5 heteroatoms. The lowest BCUT2D eigenvalue weighted by Crippen LogP contribution is -2.21. The Balaban J connectivity index is 0.000000186. The molecule has 0 atom stereocenters. The molecule has 0 aliphatic carbocycles. The van der Waals surface area contributed by atoms with Gasteiger partial charge in [0.25, 0.3) is 0 Å². The topological polar surface area (TPSA) is 33.4 Å². The number of fused-ring (bicyclic) bond motifs is 2. The monoisotopic (exact) mass is 446 g/mol. The van der Waals surface area contributed by atoms with Crippen LogP contribution in [0.3, 0.4) is 0 Å². The molecule has 0 radical (unpaired) electrons. The summed E-state index contributed by atoms with van der Waals surface area (Å²) < 4.78 is 4.29. The van der Waals surface area contributed by atoms with Crippen molar-refractivity contribution in [2.24, 2.45) is 14.1 Å². The molecule has 0 bridgehead atoms. The summed E-state index contributed by atoms with van der Waals surface area (Å²) >= 11 is 0. The summed E-state index contributed by atoms with van der Waals surface area (Å²) in [6.07, 6.45) is 7.96. The number of amides is 1. The molecule has 1 amide bonds. The summed E-state index contributed by atoms with van der Waals surface area (Å²) in [6, 6.07) is 17.2. The van der Waals surface area contributed by atoms with Gasteiger partial charge in [-0.3, -0.25) is 4.79 Å². The Bertz CT molecular complexity index is 1200. The van der Waals surface area contributed by atoms with Crippen LogP contribution in [0.4, 0.5) is 0 Å². The molecule has 4 aromatic rings. The van der Waals surface area contributed by atoms with Crippen molar-refractivity contribution in [2.45, 2.75) is 25.7 Å². The predicted molar refractivity (Wildman–Crippen MR) is 140 cm³/mol. The molecular weight excluding hydrogens is 408 g/mol. The second-order valence-electron chi connectivity index (χ2n) is 9.25. The summed E-state index contributed by atoms with van der Waals surface area (Å²) in [4.78, 5) is 15.5. The van der Waals surface area contributed by atoms with Crippen LogP contribution >= 0.6 is 0 Å². The second-order valence-corrected chi connectivity index (χ2v) is 9.25. The normalized spacial score (nSPS) is 11.1. The van der Waals surface area contributed by atoms with Crippen LogP contribution in [0.25, 0.3) is 21.8 Å². The number of benzene rings is 2. The van der Waals surface area contributed by atoms with E-state index in [1.807, 2.05) is 7.05 Å². The van der Waals surface area contributed by atoms with Crippen molar-refractivity contribution in [3.8, 4) is 0 Å². The van der Waals surface area contributed by atoms with E-state index in [4.69, 9.17) is 0 Å². The van der Waals surface area contributed by atoms with Crippen molar-refractivity contribution < 1.29 is 4.79 Å². The molecule has 0 N–H and O–H groups in total. The van der Waals surface area contributed by atoms with E-state index in [9.17, 15) is 4.79 Å². The first kappa shape index (κ1) is 24.6. The van der Waals surface area contributed by atoms with E-state index in [-0.39, 0.29) is 5.91 Å². The van der Waals surface area contributed by atoms with Crippen LogP contribution in [0.5, 0.6) is 0 Å². The maximum atomic E-state index is 11.6. The molecule has 176 valence electrons. The minimum absolute atomic E-state index is 0.179. The molecule has 2 heterocycles. The Hall–Kier alpha value is -3.05. The van der Waals surface area contributed by atoms with Gasteiger partial charge in [0.05, 0.1) is 0 Å². The largest absolute Gasteiger partial charge is 0.351 e. The van der Waals surface area contributed by atoms with Crippen molar-refractivity contribution in [3.63, 3.8) is 0 Å². The van der Waals surface area contributed by atoms with Crippen LogP contribution in [0, 0.1) is 0 Å². The van der Waals surface area contributed by atoms with Gasteiger partial charge in [0.1, 0.15) is 0 Å². The van der Waals surface area contributed by atoms with Crippen LogP contribution in [-0.4, -0.2) is 59.6 Å². The SMILES string of the molecule is CN(C)C(=O)CCc1cccc2c1ccn2C.CN(C)CCCc1cccc2c1ccn2C. The Morgan fingerprint density at radius 1 is 0.758 bits per heavy atom. The minimum atomic E-state index is 0.179. The maximum absolute atomic E-state index is 11.6. The quantitative estimate of drug-likeness (QED) is 0.406. The molecule has 0 fully saturated rings. The standard InChI is InChI=1S/C14H18N2O.C14H20N2/c1-15(2)14(17)8-7-11-5-4-6-13-12(11)9-10-16(13)3;1-15(2)10-5-7-12-6-4-8-14-13(12)9-11-16(14)3/h4-6,9-10H,7-8H2,1-3H3;4,6,8-9,11H,5,7,10H2,1-3H3. The fourth-order valence-corrected chi connectivity index (χ4v) is 4.22. The summed E-state index contributed by atoms with van der Waals surface area (Å²) in [5.74, 6) is 0.179. The van der Waals surface area contributed by atoms with E-state index in [0.717, 1.165) is 13.0 Å². The van der Waals surface area contributed by atoms with Gasteiger partial charge in [-0.1, -0.05) is 24.3 Å². The van der Waals surface area contributed by atoms with Crippen LogP contribution in [-0.2, 0) is 31.7 Å². The van der Waals surface area contributed by atoms with Crippen LogP contribution in [0.1, 0.15) is 24.0 Å². The number of nitrogens with zero attached hydrogens (tertiary/aromatic N) is 4. The lowest BCUT2D eigenvalue weighted by atomic mass is 10.0. The smallest absolute Gasteiger partial charge is 0.222 e. The van der Waals surface area contributed by atoms with E-state index in [0.29, 0.717) is 6.42 Å². The highest BCUT2D eigenvalue weighted by atomic mass is 16.2. The first-order chi connectivity index (χ1) is 15.8. The van der Waals surface area contributed by atoms with Gasteiger partial charge in [-0.15, -0.1) is 0 Å². The van der Waals surface area contributed by atoms with Crippen molar-refractivity contribution in [1.82, 2.24) is 18.9 Å². The highest BCUT2D eigenvalue weighted by Gasteiger charge is 2.08. The number of carbonyl (C=O) groups is 1. The van der Waals surface area contributed by atoms with Crippen LogP contribution < -0.4 is 0 Å². The lowest BCUT2D eigenvalue weighted by molar-refractivity contribution is -0.128. The summed E-state index contributed by atoms with van der Waals surface area (Å²) in [5, 5.41) is 2.66. The van der Waals surface area contributed by atoms with Crippen LogP contribution in [0.15, 0.2) is 60.9 Å². The van der Waals surface area contributed by atoms with E-state index in [2.05, 4.69) is 96.1 Å². The van der Waals surface area contributed by atoms with Gasteiger partial charge in [-0.25, -0.2) is 0 Å². The van der Waals surface area contributed by atoms with Gasteiger partial charge in [-0.2, -0.15) is 0 Å². The van der Waals surface area contributed by atoms with Crippen molar-refractivity contribution in [1.29, 1.82) is 0 Å². The van der Waals surface area contributed by atoms with Crippen LogP contribution in [0.2, 0.25) is 0 Å². The molecular formula is C28H38N4O. The van der Waals surface area contributed by atoms with E-state index >= 15 is 0 Å². The summed E-state index contributed by atoms with van der Waals surface area (Å²) in [6.45, 7) is 1.16. The third-order valence-electron chi connectivity index (χ3n) is 6.19. The van der Waals surface area contributed by atoms with Crippen molar-refractivity contribution >= 4 is 27.7 Å². The van der Waals surface area contributed by atoms with Gasteiger partial charge in [0.15, 0.2) is 0 Å². The van der Waals surface area contributed by atoms with Crippen molar-refractivity contribution in [3.05, 3.63) is 72.1 Å². The van der Waals surface area contributed by atoms with Gasteiger partial charge >= 0.3 is 0 Å². The maximum Gasteiger partial charge on any atom is 0.222 e. The summed E-state index contributed by atoms with van der Waals surface area (Å²) in [5.41, 5.74) is 5.28. The zero-order chi connectivity index (χ0) is 24.0. The average molecular weight is 447 g/mol. The Morgan fingerprint density at radius 2 is 1.27 bits per heavy atom. The number of aromatic nitrogens is 2. The molecule has 0 unspecified atom stereocenters. The highest BCUT2D eigenvalue weighted by molar-refractivity contribution is 5.85. The molecule has 2 aromatic heterocycles. The molecule has 5 nitrogen and oxygen atoms in total. The Morgan fingerprint density at radius 3 is 1.76 bits per heavy atom. The number of rotatable bonds is 7. The first-order valence-electron chi connectivity index (χ1n) is 11.7. The fraction of sp³-hybridized carbons (Fsp3) is 0.393. The lowest BCUT2D eigenvalue weighted by Gasteiger charge is -2.10. The van der Waals surface area contributed by atoms with E-state index in [1.54, 1.807) is 19.0 Å². The zero-order valence-corrected chi connectivity index (χ0v) is 21.0. The van der Waals surface area contributed by atoms with E-state index < -0.39 is 0 Å². The average Bonchev–Trinajstić information content (AvgIpc) is 3.36. The van der Waals surface area contributed by atoms with Gasteiger partial charge in [0.2, 0.25) is 5.91 Å². The molecule has 0 aliphatic rings. The molecule has 0 spiro atoms. The third kappa shape index (κ3) is 6.26. The molecule has 33 heavy (non-hydrogen) atoms. The predicted octanol–water partition coefficient (Wildman–Crippen LogP) is 4.87. The van der Waals surface area contributed by atoms with Gasteiger partial charge in [-0.05, 0) is 75.3 Å². The van der Waals surface area contributed by atoms with E-state index in [1.165, 1.54) is 45.8 Å². The third-order valence-corrected chi connectivity index (χ3v) is 6.19. The highest BCUT2D eigenvalue weighted by Crippen LogP contribution is 2.21. The number of aryl methyl sites for hydroxylation is 4. The molecule has 0 saturated heterocycles. The Labute approximate surface area is 198 Å². The van der Waals surface area contributed by atoms with Gasteiger partial charge in [0, 0.05) is 68.8 Å². The number of carbonyl (C=O) groups excluding carboxylic acids is 1. The number of hydrogen-bond acceptors (Lipinski definition) is 2. The molecule has 2 aromatic carbocycles. The molecule has 4 rings (SSSR count). The molecule has 0 saturated carbocycles. The zero-order valence-electron chi connectivity index (χ0n) is 21.0.